The van der Waals surface area contributed by atoms with Gasteiger partial charge < -0.3 is 0 Å². The number of hydrogen-bond donors (Lipinski definition) is 0. The molecule has 0 aromatic heterocycles. The number of rotatable bonds is 4. The fourth-order valence-corrected chi connectivity index (χ4v) is 3.46. The molecule has 1 atom stereocenters. The molecule has 0 N–H and O–H groups in total. The van der Waals surface area contributed by atoms with Crippen LogP contribution in [0.1, 0.15) is 41.5 Å². The average Bonchev–Trinajstić information content (AvgIpc) is 2.46. The highest BCUT2D eigenvalue weighted by Gasteiger charge is 2.20. The van der Waals surface area contributed by atoms with Gasteiger partial charge in [-0.05, 0) is 41.7 Å². The second-order valence-electron chi connectivity index (χ2n) is 4.74. The summed E-state index contributed by atoms with van der Waals surface area (Å²) >= 11 is 9.99. The van der Waals surface area contributed by atoms with Crippen LogP contribution in [0.2, 0.25) is 0 Å². The van der Waals surface area contributed by atoms with Crippen molar-refractivity contribution in [2.45, 2.75) is 32.1 Å². The van der Waals surface area contributed by atoms with Crippen LogP contribution in [0.5, 0.6) is 0 Å². The zero-order chi connectivity index (χ0) is 14.7. The summed E-state index contributed by atoms with van der Waals surface area (Å²) in [6.07, 6.45) is 1.83. The van der Waals surface area contributed by atoms with E-state index in [4.69, 9.17) is 11.6 Å². The molecule has 0 aliphatic carbocycles. The van der Waals surface area contributed by atoms with E-state index in [1.165, 1.54) is 11.6 Å². The molecule has 0 bridgehead atoms. The molecule has 2 rings (SSSR count). The van der Waals surface area contributed by atoms with Gasteiger partial charge in [-0.3, -0.25) is 0 Å². The first-order valence-electron chi connectivity index (χ1n) is 6.78. The molecule has 2 aromatic rings. The lowest BCUT2D eigenvalue weighted by Gasteiger charge is -2.18. The molecule has 3 heteroatoms. The van der Waals surface area contributed by atoms with Gasteiger partial charge in [-0.1, -0.05) is 54.0 Å². The fourth-order valence-electron chi connectivity index (χ4n) is 2.33. The summed E-state index contributed by atoms with van der Waals surface area (Å²) in [7, 11) is 0. The van der Waals surface area contributed by atoms with Crippen LogP contribution in [0, 0.1) is 5.82 Å². The Balaban J connectivity index is 2.55. The topological polar surface area (TPSA) is 0 Å². The SMILES string of the molecule is CCc1ccc(CC)c(C(Cl)c2c(F)cccc2Br)c1. The van der Waals surface area contributed by atoms with Crippen molar-refractivity contribution in [2.24, 2.45) is 0 Å². The monoisotopic (exact) mass is 354 g/mol. The average molecular weight is 356 g/mol. The van der Waals surface area contributed by atoms with Crippen LogP contribution in [0.15, 0.2) is 40.9 Å². The van der Waals surface area contributed by atoms with Gasteiger partial charge in [-0.25, -0.2) is 4.39 Å². The van der Waals surface area contributed by atoms with Gasteiger partial charge in [-0.2, -0.15) is 0 Å². The molecule has 0 aliphatic heterocycles. The minimum atomic E-state index is -0.480. The smallest absolute Gasteiger partial charge is 0.129 e. The van der Waals surface area contributed by atoms with E-state index in [1.54, 1.807) is 6.07 Å². The normalized spacial score (nSPS) is 12.4. The molecular formula is C17H17BrClF. The first kappa shape index (κ1) is 15.5. The molecule has 0 saturated heterocycles. The van der Waals surface area contributed by atoms with Crippen molar-refractivity contribution < 1.29 is 4.39 Å². The Morgan fingerprint density at radius 1 is 1.15 bits per heavy atom. The van der Waals surface area contributed by atoms with Gasteiger partial charge in [0, 0.05) is 10.0 Å². The van der Waals surface area contributed by atoms with Crippen molar-refractivity contribution in [3.8, 4) is 0 Å². The van der Waals surface area contributed by atoms with Crippen LogP contribution in [0.25, 0.3) is 0 Å². The Bertz CT molecular complexity index is 590. The Morgan fingerprint density at radius 3 is 2.50 bits per heavy atom. The highest BCUT2D eigenvalue weighted by molar-refractivity contribution is 9.10. The van der Waals surface area contributed by atoms with Crippen LogP contribution >= 0.6 is 27.5 Å². The summed E-state index contributed by atoms with van der Waals surface area (Å²) < 4.78 is 14.8. The van der Waals surface area contributed by atoms with E-state index in [-0.39, 0.29) is 5.82 Å². The minimum Gasteiger partial charge on any atom is -0.207 e. The van der Waals surface area contributed by atoms with Crippen molar-refractivity contribution in [3.05, 3.63) is 68.9 Å². The lowest BCUT2D eigenvalue weighted by molar-refractivity contribution is 0.610. The van der Waals surface area contributed by atoms with E-state index in [0.29, 0.717) is 10.0 Å². The lowest BCUT2D eigenvalue weighted by atomic mass is 9.95. The number of aryl methyl sites for hydroxylation is 2. The zero-order valence-electron chi connectivity index (χ0n) is 11.6. The van der Waals surface area contributed by atoms with Gasteiger partial charge in [0.15, 0.2) is 0 Å². The van der Waals surface area contributed by atoms with E-state index < -0.39 is 5.38 Å². The Labute approximate surface area is 133 Å². The van der Waals surface area contributed by atoms with Gasteiger partial charge in [0.25, 0.3) is 0 Å². The zero-order valence-corrected chi connectivity index (χ0v) is 13.9. The lowest BCUT2D eigenvalue weighted by Crippen LogP contribution is -2.03. The first-order valence-corrected chi connectivity index (χ1v) is 8.01. The maximum absolute atomic E-state index is 14.1. The number of alkyl halides is 1. The Kier molecular flexibility index (Phi) is 5.22. The second-order valence-corrected chi connectivity index (χ2v) is 6.03. The van der Waals surface area contributed by atoms with Crippen LogP contribution in [-0.4, -0.2) is 0 Å². The third-order valence-corrected chi connectivity index (χ3v) is 4.67. The largest absolute Gasteiger partial charge is 0.207 e. The van der Waals surface area contributed by atoms with Crippen LogP contribution in [0.4, 0.5) is 4.39 Å². The van der Waals surface area contributed by atoms with Crippen LogP contribution in [0.3, 0.4) is 0 Å². The molecule has 2 aromatic carbocycles. The van der Waals surface area contributed by atoms with Crippen LogP contribution < -0.4 is 0 Å². The quantitative estimate of drug-likeness (QED) is 0.586. The predicted octanol–water partition coefficient (Wildman–Crippen LogP) is 6.04. The van der Waals surface area contributed by atoms with E-state index in [2.05, 4.69) is 48.0 Å². The van der Waals surface area contributed by atoms with Gasteiger partial charge >= 0.3 is 0 Å². The maximum Gasteiger partial charge on any atom is 0.129 e. The highest BCUT2D eigenvalue weighted by Crippen LogP contribution is 2.37. The first-order chi connectivity index (χ1) is 9.58. The van der Waals surface area contributed by atoms with Crippen molar-refractivity contribution in [1.29, 1.82) is 0 Å². The number of halogens is 3. The molecule has 20 heavy (non-hydrogen) atoms. The predicted molar refractivity (Wildman–Crippen MR) is 87.0 cm³/mol. The molecule has 0 heterocycles. The van der Waals surface area contributed by atoms with E-state index in [0.717, 1.165) is 24.0 Å². The van der Waals surface area contributed by atoms with E-state index in [9.17, 15) is 4.39 Å². The fraction of sp³-hybridized carbons (Fsp3) is 0.294. The molecular weight excluding hydrogens is 339 g/mol. The number of hydrogen-bond acceptors (Lipinski definition) is 0. The van der Waals surface area contributed by atoms with Crippen molar-refractivity contribution in [2.75, 3.05) is 0 Å². The van der Waals surface area contributed by atoms with Gasteiger partial charge in [0.2, 0.25) is 0 Å². The van der Waals surface area contributed by atoms with E-state index in [1.807, 2.05) is 6.07 Å². The minimum absolute atomic E-state index is 0.275. The third kappa shape index (κ3) is 3.07. The third-order valence-electron chi connectivity index (χ3n) is 3.53. The maximum atomic E-state index is 14.1. The van der Waals surface area contributed by atoms with Crippen molar-refractivity contribution >= 4 is 27.5 Å². The molecule has 0 saturated carbocycles. The molecule has 0 radical (unpaired) electrons. The van der Waals surface area contributed by atoms with Gasteiger partial charge in [-0.15, -0.1) is 11.6 Å². The summed E-state index contributed by atoms with van der Waals surface area (Å²) in [4.78, 5) is 0. The van der Waals surface area contributed by atoms with Gasteiger partial charge in [0.1, 0.15) is 5.82 Å². The molecule has 0 aliphatic rings. The van der Waals surface area contributed by atoms with Crippen molar-refractivity contribution in [1.82, 2.24) is 0 Å². The molecule has 0 spiro atoms. The molecule has 1 unspecified atom stereocenters. The Hall–Kier alpha value is -0.860. The molecule has 0 fully saturated rings. The summed E-state index contributed by atoms with van der Waals surface area (Å²) in [5.41, 5.74) is 3.89. The highest BCUT2D eigenvalue weighted by atomic mass is 79.9. The summed E-state index contributed by atoms with van der Waals surface area (Å²) in [6, 6.07) is 11.2. The molecule has 0 amide bonds. The summed E-state index contributed by atoms with van der Waals surface area (Å²) in [6.45, 7) is 4.19. The molecule has 0 nitrogen and oxygen atoms in total. The summed E-state index contributed by atoms with van der Waals surface area (Å²) in [5, 5.41) is -0.480. The second kappa shape index (κ2) is 6.73. The molecule has 106 valence electrons. The van der Waals surface area contributed by atoms with Crippen molar-refractivity contribution in [3.63, 3.8) is 0 Å². The standard InChI is InChI=1S/C17H17BrClF/c1-3-11-8-9-12(4-2)13(10-11)17(19)16-14(18)6-5-7-15(16)20/h5-10,17H,3-4H2,1-2H3. The van der Waals surface area contributed by atoms with Crippen LogP contribution in [-0.2, 0) is 12.8 Å². The van der Waals surface area contributed by atoms with Gasteiger partial charge in [0.05, 0.1) is 5.38 Å². The Morgan fingerprint density at radius 2 is 1.90 bits per heavy atom. The van der Waals surface area contributed by atoms with E-state index >= 15 is 0 Å². The summed E-state index contributed by atoms with van der Waals surface area (Å²) in [5.74, 6) is -0.275. The number of benzene rings is 2.